The average molecular weight is 297 g/mol. The minimum Gasteiger partial charge on any atom is -0.331 e. The van der Waals surface area contributed by atoms with Crippen molar-refractivity contribution in [2.75, 3.05) is 0 Å². The molecular formula is C12H13BrN2S. The number of H-pyrrole nitrogens is 1. The summed E-state index contributed by atoms with van der Waals surface area (Å²) in [5.74, 6) is 0.837. The van der Waals surface area contributed by atoms with Crippen molar-refractivity contribution in [1.29, 1.82) is 0 Å². The van der Waals surface area contributed by atoms with Crippen LogP contribution < -0.4 is 0 Å². The standard InChI is InChI=1S/C12H13BrN2S/c1-7-4-9(5-7)15-11-6-8(13)2-3-10(11)14-12(15)16/h2-3,6-7,9H,4-5H2,1H3,(H,14,16). The minimum atomic E-state index is 0.588. The Bertz CT molecular complexity index is 593. The maximum absolute atomic E-state index is 5.40. The van der Waals surface area contributed by atoms with Crippen LogP contribution in [0.4, 0.5) is 0 Å². The van der Waals surface area contributed by atoms with Crippen LogP contribution in [0.5, 0.6) is 0 Å². The number of rotatable bonds is 1. The van der Waals surface area contributed by atoms with Gasteiger partial charge < -0.3 is 9.55 Å². The van der Waals surface area contributed by atoms with Crippen LogP contribution in [-0.4, -0.2) is 9.55 Å². The monoisotopic (exact) mass is 296 g/mol. The van der Waals surface area contributed by atoms with Crippen molar-refractivity contribution in [3.05, 3.63) is 27.4 Å². The lowest BCUT2D eigenvalue weighted by molar-refractivity contribution is 0.219. The SMILES string of the molecule is CC1CC(n2c(=S)[nH]c3ccc(Br)cc32)C1. The van der Waals surface area contributed by atoms with E-state index in [-0.39, 0.29) is 0 Å². The molecule has 1 saturated carbocycles. The van der Waals surface area contributed by atoms with E-state index in [0.717, 1.165) is 20.7 Å². The summed E-state index contributed by atoms with van der Waals surface area (Å²) in [6, 6.07) is 6.85. The molecule has 0 spiro atoms. The van der Waals surface area contributed by atoms with E-state index < -0.39 is 0 Å². The van der Waals surface area contributed by atoms with Crippen molar-refractivity contribution in [2.45, 2.75) is 25.8 Å². The number of hydrogen-bond acceptors (Lipinski definition) is 1. The Labute approximate surface area is 108 Å². The topological polar surface area (TPSA) is 20.7 Å². The summed E-state index contributed by atoms with van der Waals surface area (Å²) in [6.07, 6.45) is 2.49. The molecule has 0 radical (unpaired) electrons. The van der Waals surface area contributed by atoms with Crippen LogP contribution in [0.2, 0.25) is 0 Å². The van der Waals surface area contributed by atoms with Crippen LogP contribution in [0.15, 0.2) is 22.7 Å². The Kier molecular flexibility index (Phi) is 2.44. The van der Waals surface area contributed by atoms with Gasteiger partial charge in [0.1, 0.15) is 0 Å². The van der Waals surface area contributed by atoms with Crippen LogP contribution in [0.3, 0.4) is 0 Å². The second-order valence-electron chi connectivity index (χ2n) is 4.69. The van der Waals surface area contributed by atoms with Crippen molar-refractivity contribution in [3.8, 4) is 0 Å². The molecule has 1 aliphatic rings. The van der Waals surface area contributed by atoms with Crippen molar-refractivity contribution in [1.82, 2.24) is 9.55 Å². The van der Waals surface area contributed by atoms with Gasteiger partial charge in [0.05, 0.1) is 11.0 Å². The van der Waals surface area contributed by atoms with Gasteiger partial charge in [-0.15, -0.1) is 0 Å². The zero-order valence-corrected chi connectivity index (χ0v) is 11.4. The highest BCUT2D eigenvalue weighted by molar-refractivity contribution is 9.10. The van der Waals surface area contributed by atoms with Gasteiger partial charge in [0.2, 0.25) is 0 Å². The molecule has 1 aromatic carbocycles. The Morgan fingerprint density at radius 2 is 2.19 bits per heavy atom. The average Bonchev–Trinajstić information content (AvgIpc) is 2.49. The van der Waals surface area contributed by atoms with Gasteiger partial charge in [-0.05, 0) is 49.2 Å². The van der Waals surface area contributed by atoms with E-state index in [9.17, 15) is 0 Å². The highest BCUT2D eigenvalue weighted by Crippen LogP contribution is 2.39. The third kappa shape index (κ3) is 1.55. The lowest BCUT2D eigenvalue weighted by Gasteiger charge is -2.34. The normalized spacial score (nSPS) is 24.6. The van der Waals surface area contributed by atoms with Gasteiger partial charge >= 0.3 is 0 Å². The van der Waals surface area contributed by atoms with Crippen molar-refractivity contribution in [3.63, 3.8) is 0 Å². The first-order chi connectivity index (χ1) is 7.65. The molecule has 0 aliphatic heterocycles. The lowest BCUT2D eigenvalue weighted by Crippen LogP contribution is -2.24. The van der Waals surface area contributed by atoms with Gasteiger partial charge in [0.25, 0.3) is 0 Å². The van der Waals surface area contributed by atoms with Crippen molar-refractivity contribution >= 4 is 39.2 Å². The molecule has 1 heterocycles. The lowest BCUT2D eigenvalue weighted by atomic mass is 9.81. The second kappa shape index (κ2) is 3.70. The third-order valence-corrected chi connectivity index (χ3v) is 4.19. The van der Waals surface area contributed by atoms with Gasteiger partial charge in [-0.2, -0.15) is 0 Å². The Balaban J connectivity index is 2.18. The maximum Gasteiger partial charge on any atom is 0.178 e. The highest BCUT2D eigenvalue weighted by atomic mass is 79.9. The first-order valence-corrected chi connectivity index (χ1v) is 6.75. The molecule has 0 amide bonds. The largest absolute Gasteiger partial charge is 0.331 e. The summed E-state index contributed by atoms with van der Waals surface area (Å²) >= 11 is 8.92. The van der Waals surface area contributed by atoms with Crippen molar-refractivity contribution in [2.24, 2.45) is 5.92 Å². The number of hydrogen-bond donors (Lipinski definition) is 1. The Hall–Kier alpha value is -0.610. The molecule has 1 fully saturated rings. The number of aromatic nitrogens is 2. The predicted octanol–water partition coefficient (Wildman–Crippen LogP) is 4.43. The molecule has 16 heavy (non-hydrogen) atoms. The van der Waals surface area contributed by atoms with E-state index in [1.807, 2.05) is 6.07 Å². The summed E-state index contributed by atoms with van der Waals surface area (Å²) < 4.78 is 4.23. The van der Waals surface area contributed by atoms with Gasteiger partial charge in [0.15, 0.2) is 4.77 Å². The van der Waals surface area contributed by atoms with E-state index in [1.165, 1.54) is 18.4 Å². The fraction of sp³-hybridized carbons (Fsp3) is 0.417. The van der Waals surface area contributed by atoms with Crippen LogP contribution in [0, 0.1) is 10.7 Å². The first-order valence-electron chi connectivity index (χ1n) is 5.55. The van der Waals surface area contributed by atoms with E-state index in [0.29, 0.717) is 6.04 Å². The van der Waals surface area contributed by atoms with Gasteiger partial charge in [-0.25, -0.2) is 0 Å². The van der Waals surface area contributed by atoms with Crippen LogP contribution in [0.1, 0.15) is 25.8 Å². The number of aromatic amines is 1. The maximum atomic E-state index is 5.40. The molecule has 84 valence electrons. The molecular weight excluding hydrogens is 284 g/mol. The zero-order chi connectivity index (χ0) is 11.3. The fourth-order valence-electron chi connectivity index (χ4n) is 2.53. The van der Waals surface area contributed by atoms with Gasteiger partial charge in [0, 0.05) is 10.5 Å². The summed E-state index contributed by atoms with van der Waals surface area (Å²) in [4.78, 5) is 3.28. The van der Waals surface area contributed by atoms with Crippen LogP contribution in [0.25, 0.3) is 11.0 Å². The molecule has 1 N–H and O–H groups in total. The van der Waals surface area contributed by atoms with E-state index in [1.54, 1.807) is 0 Å². The molecule has 0 atom stereocenters. The van der Waals surface area contributed by atoms with Crippen LogP contribution >= 0.6 is 28.1 Å². The van der Waals surface area contributed by atoms with E-state index in [2.05, 4.69) is 44.5 Å². The third-order valence-electron chi connectivity index (χ3n) is 3.39. The fourth-order valence-corrected chi connectivity index (χ4v) is 3.23. The molecule has 3 rings (SSSR count). The number of halogens is 1. The zero-order valence-electron chi connectivity index (χ0n) is 9.03. The number of nitrogens with zero attached hydrogens (tertiary/aromatic N) is 1. The van der Waals surface area contributed by atoms with E-state index >= 15 is 0 Å². The Morgan fingerprint density at radius 3 is 2.88 bits per heavy atom. The Morgan fingerprint density at radius 1 is 1.44 bits per heavy atom. The van der Waals surface area contributed by atoms with Crippen LogP contribution in [-0.2, 0) is 0 Å². The minimum absolute atomic E-state index is 0.588. The molecule has 2 aromatic rings. The molecule has 4 heteroatoms. The molecule has 0 bridgehead atoms. The van der Waals surface area contributed by atoms with Crippen molar-refractivity contribution < 1.29 is 0 Å². The molecule has 1 aromatic heterocycles. The van der Waals surface area contributed by atoms with E-state index in [4.69, 9.17) is 12.2 Å². The summed E-state index contributed by atoms with van der Waals surface area (Å²) in [6.45, 7) is 2.30. The van der Waals surface area contributed by atoms with Gasteiger partial charge in [-0.1, -0.05) is 22.9 Å². The number of benzene rings is 1. The summed E-state index contributed by atoms with van der Waals surface area (Å²) in [7, 11) is 0. The number of nitrogens with one attached hydrogen (secondary N) is 1. The second-order valence-corrected chi connectivity index (χ2v) is 5.99. The quantitative estimate of drug-likeness (QED) is 0.772. The molecule has 1 aliphatic carbocycles. The number of fused-ring (bicyclic) bond motifs is 1. The highest BCUT2D eigenvalue weighted by Gasteiger charge is 2.28. The molecule has 2 nitrogen and oxygen atoms in total. The molecule has 0 saturated heterocycles. The summed E-state index contributed by atoms with van der Waals surface area (Å²) in [5, 5.41) is 0. The molecule has 0 unspecified atom stereocenters. The smallest absolute Gasteiger partial charge is 0.178 e. The van der Waals surface area contributed by atoms with Gasteiger partial charge in [-0.3, -0.25) is 0 Å². The number of imidazole rings is 1. The predicted molar refractivity (Wildman–Crippen MR) is 72.3 cm³/mol. The first kappa shape index (κ1) is 10.5. The summed E-state index contributed by atoms with van der Waals surface area (Å²) in [5.41, 5.74) is 2.35.